The number of hydrogen-bond acceptors (Lipinski definition) is 3. The second kappa shape index (κ2) is 5.61. The minimum Gasteiger partial charge on any atom is -0.331 e. The molecule has 0 aliphatic heterocycles. The topological polar surface area (TPSA) is 50.3 Å². The van der Waals surface area contributed by atoms with Crippen LogP contribution in [-0.2, 0) is 22.3 Å². The molecule has 0 bridgehead atoms. The zero-order valence-corrected chi connectivity index (χ0v) is 9.57. The highest BCUT2D eigenvalue weighted by atomic mass is 19.4. The molecule has 0 saturated heterocycles. The molecule has 0 aliphatic carbocycles. The largest absolute Gasteiger partial charge is 0.417 e. The van der Waals surface area contributed by atoms with Gasteiger partial charge in [-0.1, -0.05) is 0 Å². The molecular weight excluding hydrogens is 249 g/mol. The smallest absolute Gasteiger partial charge is 0.331 e. The van der Waals surface area contributed by atoms with Crippen molar-refractivity contribution in [1.82, 2.24) is 9.88 Å². The molecule has 1 rings (SSSR count). The van der Waals surface area contributed by atoms with Gasteiger partial charge in [0.25, 0.3) is 5.91 Å². The first-order chi connectivity index (χ1) is 8.38. The van der Waals surface area contributed by atoms with Gasteiger partial charge in [0, 0.05) is 12.7 Å². The number of hydrogen-bond donors (Lipinski definition) is 0. The summed E-state index contributed by atoms with van der Waals surface area (Å²) in [4.78, 5) is 26.2. The Morgan fingerprint density at radius 1 is 1.44 bits per heavy atom. The summed E-state index contributed by atoms with van der Waals surface area (Å²) in [7, 11) is 0. The average molecular weight is 260 g/mol. The summed E-state index contributed by atoms with van der Waals surface area (Å²) in [5.41, 5.74) is -0.559. The van der Waals surface area contributed by atoms with Crippen molar-refractivity contribution in [2.24, 2.45) is 0 Å². The fourth-order valence-electron chi connectivity index (χ4n) is 1.30. The number of pyridine rings is 1. The Hall–Kier alpha value is -1.92. The minimum atomic E-state index is -4.44. The maximum absolute atomic E-state index is 12.3. The highest BCUT2D eigenvalue weighted by Crippen LogP contribution is 2.28. The van der Waals surface area contributed by atoms with Crippen molar-refractivity contribution in [3.63, 3.8) is 0 Å². The van der Waals surface area contributed by atoms with Crippen LogP contribution in [0.15, 0.2) is 18.3 Å². The number of alkyl halides is 3. The zero-order valence-electron chi connectivity index (χ0n) is 9.57. The molecule has 0 saturated carbocycles. The summed E-state index contributed by atoms with van der Waals surface area (Å²) in [6.07, 6.45) is -3.57. The number of nitrogens with zero attached hydrogens (tertiary/aromatic N) is 2. The van der Waals surface area contributed by atoms with Gasteiger partial charge >= 0.3 is 6.18 Å². The lowest BCUT2D eigenvalue weighted by Crippen LogP contribution is -2.31. The molecule has 0 atom stereocenters. The van der Waals surface area contributed by atoms with E-state index in [1.807, 2.05) is 0 Å². The van der Waals surface area contributed by atoms with Crippen molar-refractivity contribution in [1.29, 1.82) is 0 Å². The van der Waals surface area contributed by atoms with Crippen molar-refractivity contribution in [2.75, 3.05) is 6.54 Å². The standard InChI is InChI=1S/C11H11F3N2O2/c1-2-16(10(18)7-17)6-9-4-3-8(5-15-9)11(12,13)14/h3-5,7H,2,6H2,1H3. The van der Waals surface area contributed by atoms with Crippen LogP contribution in [0.4, 0.5) is 13.2 Å². The van der Waals surface area contributed by atoms with Crippen LogP contribution in [0, 0.1) is 0 Å². The van der Waals surface area contributed by atoms with E-state index in [1.54, 1.807) is 6.92 Å². The first kappa shape index (κ1) is 14.1. The number of amides is 1. The molecule has 0 unspecified atom stereocenters. The first-order valence-corrected chi connectivity index (χ1v) is 5.14. The molecule has 1 aromatic rings. The molecule has 0 aliphatic rings. The predicted octanol–water partition coefficient (Wildman–Crippen LogP) is 1.65. The third kappa shape index (κ3) is 3.54. The number of carbonyl (C=O) groups is 2. The van der Waals surface area contributed by atoms with E-state index in [2.05, 4.69) is 4.98 Å². The molecule has 0 N–H and O–H groups in total. The van der Waals surface area contributed by atoms with E-state index in [1.165, 1.54) is 11.0 Å². The van der Waals surface area contributed by atoms with Gasteiger partial charge in [0.1, 0.15) is 0 Å². The quantitative estimate of drug-likeness (QED) is 0.611. The van der Waals surface area contributed by atoms with E-state index < -0.39 is 17.6 Å². The van der Waals surface area contributed by atoms with E-state index in [9.17, 15) is 22.8 Å². The van der Waals surface area contributed by atoms with Crippen LogP contribution in [0.3, 0.4) is 0 Å². The molecule has 0 radical (unpaired) electrons. The normalized spacial score (nSPS) is 11.1. The highest BCUT2D eigenvalue weighted by molar-refractivity contribution is 6.23. The molecule has 0 aromatic carbocycles. The lowest BCUT2D eigenvalue weighted by Gasteiger charge is -2.17. The van der Waals surface area contributed by atoms with Crippen LogP contribution in [0.1, 0.15) is 18.2 Å². The Morgan fingerprint density at radius 3 is 2.50 bits per heavy atom. The maximum Gasteiger partial charge on any atom is 0.417 e. The fourth-order valence-corrected chi connectivity index (χ4v) is 1.30. The Bertz CT molecular complexity index is 429. The molecule has 1 amide bonds. The third-order valence-electron chi connectivity index (χ3n) is 2.30. The number of carbonyl (C=O) groups excluding carboxylic acids is 2. The Kier molecular flexibility index (Phi) is 4.41. The van der Waals surface area contributed by atoms with Crippen LogP contribution in [-0.4, -0.2) is 28.6 Å². The van der Waals surface area contributed by atoms with E-state index in [4.69, 9.17) is 0 Å². The Labute approximate surface area is 101 Å². The van der Waals surface area contributed by atoms with Gasteiger partial charge in [0.15, 0.2) is 0 Å². The molecule has 1 aromatic heterocycles. The van der Waals surface area contributed by atoms with Crippen LogP contribution in [0.25, 0.3) is 0 Å². The predicted molar refractivity (Wildman–Crippen MR) is 56.4 cm³/mol. The molecule has 0 spiro atoms. The van der Waals surface area contributed by atoms with E-state index in [-0.39, 0.29) is 19.4 Å². The summed E-state index contributed by atoms with van der Waals surface area (Å²) in [6.45, 7) is 1.94. The van der Waals surface area contributed by atoms with Gasteiger partial charge in [0.2, 0.25) is 6.29 Å². The number of likely N-dealkylation sites (N-methyl/N-ethyl adjacent to an activating group) is 1. The number of aldehydes is 1. The van der Waals surface area contributed by atoms with Crippen molar-refractivity contribution in [2.45, 2.75) is 19.6 Å². The van der Waals surface area contributed by atoms with Gasteiger partial charge in [0.05, 0.1) is 17.8 Å². The van der Waals surface area contributed by atoms with E-state index in [0.717, 1.165) is 6.07 Å². The summed E-state index contributed by atoms with van der Waals surface area (Å²) < 4.78 is 36.8. The average Bonchev–Trinajstić information content (AvgIpc) is 2.34. The van der Waals surface area contributed by atoms with Gasteiger partial charge < -0.3 is 4.90 Å². The third-order valence-corrected chi connectivity index (χ3v) is 2.30. The van der Waals surface area contributed by atoms with Crippen LogP contribution < -0.4 is 0 Å². The monoisotopic (exact) mass is 260 g/mol. The second-order valence-corrected chi connectivity index (χ2v) is 3.51. The number of halogens is 3. The minimum absolute atomic E-state index is 0.00616. The van der Waals surface area contributed by atoms with Crippen LogP contribution in [0.5, 0.6) is 0 Å². The van der Waals surface area contributed by atoms with Gasteiger partial charge in [-0.05, 0) is 19.1 Å². The summed E-state index contributed by atoms with van der Waals surface area (Å²) in [5, 5.41) is 0. The molecule has 7 heteroatoms. The van der Waals surface area contributed by atoms with E-state index in [0.29, 0.717) is 11.9 Å². The maximum atomic E-state index is 12.3. The first-order valence-electron chi connectivity index (χ1n) is 5.14. The highest BCUT2D eigenvalue weighted by Gasteiger charge is 2.30. The molecule has 4 nitrogen and oxygen atoms in total. The Morgan fingerprint density at radius 2 is 2.11 bits per heavy atom. The van der Waals surface area contributed by atoms with Crippen molar-refractivity contribution in [3.05, 3.63) is 29.6 Å². The number of aromatic nitrogens is 1. The number of rotatable bonds is 4. The van der Waals surface area contributed by atoms with Crippen LogP contribution >= 0.6 is 0 Å². The fraction of sp³-hybridized carbons (Fsp3) is 0.364. The van der Waals surface area contributed by atoms with E-state index >= 15 is 0 Å². The second-order valence-electron chi connectivity index (χ2n) is 3.51. The molecular formula is C11H11F3N2O2. The van der Waals surface area contributed by atoms with Gasteiger partial charge in [-0.2, -0.15) is 13.2 Å². The summed E-state index contributed by atoms with van der Waals surface area (Å²) >= 11 is 0. The zero-order chi connectivity index (χ0) is 13.8. The lowest BCUT2D eigenvalue weighted by atomic mass is 10.2. The van der Waals surface area contributed by atoms with Gasteiger partial charge in [-0.25, -0.2) is 0 Å². The van der Waals surface area contributed by atoms with Crippen molar-refractivity contribution in [3.8, 4) is 0 Å². The van der Waals surface area contributed by atoms with Gasteiger partial charge in [-0.3, -0.25) is 14.6 Å². The van der Waals surface area contributed by atoms with Crippen molar-refractivity contribution < 1.29 is 22.8 Å². The lowest BCUT2D eigenvalue weighted by molar-refractivity contribution is -0.139. The molecule has 1 heterocycles. The SMILES string of the molecule is CCN(Cc1ccc(C(F)(F)F)cn1)C(=O)C=O. The summed E-state index contributed by atoms with van der Waals surface area (Å²) in [6, 6.07) is 2.07. The molecule has 0 fully saturated rings. The van der Waals surface area contributed by atoms with Crippen LogP contribution in [0.2, 0.25) is 0 Å². The summed E-state index contributed by atoms with van der Waals surface area (Å²) in [5.74, 6) is -0.723. The molecule has 98 valence electrons. The molecule has 18 heavy (non-hydrogen) atoms. The van der Waals surface area contributed by atoms with Crippen molar-refractivity contribution >= 4 is 12.2 Å². The Balaban J connectivity index is 2.80. The van der Waals surface area contributed by atoms with Gasteiger partial charge in [-0.15, -0.1) is 0 Å².